The van der Waals surface area contributed by atoms with Crippen molar-refractivity contribution < 1.29 is 14.3 Å². The number of morpholine rings is 1. The lowest BCUT2D eigenvalue weighted by molar-refractivity contribution is -0.135. The first-order valence-electron chi connectivity index (χ1n) is 13.0. The molecule has 0 spiro atoms. The Labute approximate surface area is 227 Å². The summed E-state index contributed by atoms with van der Waals surface area (Å²) in [6.07, 6.45) is 1.00. The van der Waals surface area contributed by atoms with Crippen LogP contribution in [0.3, 0.4) is 0 Å². The molecule has 8 heteroatoms. The Morgan fingerprint density at radius 3 is 2.18 bits per heavy atom. The lowest BCUT2D eigenvalue weighted by Gasteiger charge is -2.29. The summed E-state index contributed by atoms with van der Waals surface area (Å²) in [5.41, 5.74) is 3.26. The highest BCUT2D eigenvalue weighted by atomic mass is 32.1. The van der Waals surface area contributed by atoms with E-state index < -0.39 is 0 Å². The summed E-state index contributed by atoms with van der Waals surface area (Å²) in [5.74, 6) is 0.179. The first-order chi connectivity index (χ1) is 18.7. The number of ether oxygens (including phenoxy) is 1. The van der Waals surface area contributed by atoms with Crippen molar-refractivity contribution in [2.75, 3.05) is 44.7 Å². The number of anilines is 1. The Bertz CT molecular complexity index is 1270. The van der Waals surface area contributed by atoms with Crippen molar-refractivity contribution in [3.63, 3.8) is 0 Å². The molecule has 0 aliphatic carbocycles. The van der Waals surface area contributed by atoms with E-state index in [-0.39, 0.29) is 24.3 Å². The van der Waals surface area contributed by atoms with Crippen LogP contribution in [0, 0.1) is 0 Å². The molecule has 1 aliphatic heterocycles. The molecule has 2 heterocycles. The van der Waals surface area contributed by atoms with Crippen molar-refractivity contribution >= 4 is 38.6 Å². The van der Waals surface area contributed by atoms with E-state index in [1.807, 2.05) is 65.6 Å². The van der Waals surface area contributed by atoms with Crippen molar-refractivity contribution in [2.45, 2.75) is 18.8 Å². The Kier molecular flexibility index (Phi) is 8.63. The van der Waals surface area contributed by atoms with Crippen molar-refractivity contribution in [3.05, 3.63) is 96.1 Å². The van der Waals surface area contributed by atoms with Crippen molar-refractivity contribution in [2.24, 2.45) is 0 Å². The summed E-state index contributed by atoms with van der Waals surface area (Å²) >= 11 is 1.45. The fourth-order valence-electron chi connectivity index (χ4n) is 4.79. The summed E-state index contributed by atoms with van der Waals surface area (Å²) in [4.78, 5) is 34.5. The van der Waals surface area contributed by atoms with Crippen LogP contribution in [0.1, 0.15) is 29.9 Å². The van der Waals surface area contributed by atoms with Gasteiger partial charge in [-0.1, -0.05) is 84.1 Å². The van der Waals surface area contributed by atoms with Crippen LogP contribution < -0.4 is 5.32 Å². The van der Waals surface area contributed by atoms with Gasteiger partial charge in [0.1, 0.15) is 0 Å². The van der Waals surface area contributed by atoms with Gasteiger partial charge in [0.2, 0.25) is 5.91 Å². The van der Waals surface area contributed by atoms with E-state index in [0.29, 0.717) is 44.5 Å². The first kappa shape index (κ1) is 25.9. The number of amides is 3. The van der Waals surface area contributed by atoms with Gasteiger partial charge in [-0.05, 0) is 29.7 Å². The van der Waals surface area contributed by atoms with E-state index in [2.05, 4.69) is 34.6 Å². The number of para-hydroxylation sites is 1. The minimum absolute atomic E-state index is 0.0498. The Balaban J connectivity index is 1.32. The number of carbonyl (C=O) groups excluding carboxylic acids is 2. The highest BCUT2D eigenvalue weighted by molar-refractivity contribution is 7.22. The topological polar surface area (TPSA) is 74.8 Å². The molecular formula is C30H32N4O3S. The number of thiazole rings is 1. The molecule has 4 aromatic rings. The molecule has 196 valence electrons. The quantitative estimate of drug-likeness (QED) is 0.307. The summed E-state index contributed by atoms with van der Waals surface area (Å²) in [6, 6.07) is 28.3. The summed E-state index contributed by atoms with van der Waals surface area (Å²) in [6.45, 7) is 3.15. The van der Waals surface area contributed by atoms with Crippen LogP contribution in [0.15, 0.2) is 84.9 Å². The highest BCUT2D eigenvalue weighted by Gasteiger charge is 2.23. The molecule has 1 aromatic heterocycles. The van der Waals surface area contributed by atoms with Crippen LogP contribution in [0.4, 0.5) is 9.93 Å². The average molecular weight is 529 g/mol. The van der Waals surface area contributed by atoms with Crippen LogP contribution in [0.25, 0.3) is 10.2 Å². The molecule has 5 rings (SSSR count). The normalized spacial score (nSPS) is 13.6. The zero-order chi connectivity index (χ0) is 26.2. The number of fused-ring (bicyclic) bond motifs is 1. The molecule has 1 aliphatic rings. The van der Waals surface area contributed by atoms with E-state index in [4.69, 9.17) is 4.74 Å². The molecular weight excluding hydrogens is 496 g/mol. The summed E-state index contributed by atoms with van der Waals surface area (Å²) in [7, 11) is 0. The number of benzene rings is 3. The highest BCUT2D eigenvalue weighted by Crippen LogP contribution is 2.29. The third-order valence-electron chi connectivity index (χ3n) is 6.85. The zero-order valence-electron chi connectivity index (χ0n) is 21.3. The van der Waals surface area contributed by atoms with Gasteiger partial charge in [0.05, 0.1) is 23.4 Å². The van der Waals surface area contributed by atoms with Crippen LogP contribution >= 0.6 is 11.3 Å². The van der Waals surface area contributed by atoms with Crippen LogP contribution in [0.2, 0.25) is 0 Å². The van der Waals surface area contributed by atoms with E-state index in [9.17, 15) is 9.59 Å². The predicted molar refractivity (Wildman–Crippen MR) is 152 cm³/mol. The van der Waals surface area contributed by atoms with Gasteiger partial charge in [-0.25, -0.2) is 9.78 Å². The van der Waals surface area contributed by atoms with Gasteiger partial charge in [-0.2, -0.15) is 0 Å². The lowest BCUT2D eigenvalue weighted by Crippen LogP contribution is -2.43. The van der Waals surface area contributed by atoms with Crippen molar-refractivity contribution in [1.82, 2.24) is 14.8 Å². The molecule has 1 fully saturated rings. The molecule has 0 bridgehead atoms. The minimum atomic E-state index is -0.237. The lowest BCUT2D eigenvalue weighted by atomic mass is 9.88. The Morgan fingerprint density at radius 2 is 1.53 bits per heavy atom. The number of nitrogens with zero attached hydrogens (tertiary/aromatic N) is 3. The van der Waals surface area contributed by atoms with Gasteiger partial charge in [-0.15, -0.1) is 0 Å². The average Bonchev–Trinajstić information content (AvgIpc) is 3.38. The number of rotatable bonds is 9. The SMILES string of the molecule is O=C(CCN(CCC(c1ccccc1)c1ccccc1)C(=O)Nc1nc2ccccc2s1)N1CCOCC1. The third-order valence-corrected chi connectivity index (χ3v) is 7.80. The van der Waals surface area contributed by atoms with Crippen LogP contribution in [-0.4, -0.2) is 66.1 Å². The molecule has 3 aromatic carbocycles. The van der Waals surface area contributed by atoms with Crippen molar-refractivity contribution in [3.8, 4) is 0 Å². The summed E-state index contributed by atoms with van der Waals surface area (Å²) < 4.78 is 6.40. The smallest absolute Gasteiger partial charge is 0.323 e. The van der Waals surface area contributed by atoms with Gasteiger partial charge < -0.3 is 14.5 Å². The minimum Gasteiger partial charge on any atom is -0.378 e. The van der Waals surface area contributed by atoms with E-state index in [1.54, 1.807) is 4.90 Å². The summed E-state index contributed by atoms with van der Waals surface area (Å²) in [5, 5.41) is 3.55. The molecule has 0 unspecified atom stereocenters. The van der Waals surface area contributed by atoms with E-state index in [1.165, 1.54) is 22.5 Å². The fraction of sp³-hybridized carbons (Fsp3) is 0.300. The second-order valence-corrected chi connectivity index (χ2v) is 10.3. The number of carbonyl (C=O) groups is 2. The molecule has 3 amide bonds. The molecule has 38 heavy (non-hydrogen) atoms. The standard InChI is InChI=1S/C30H32N4O3S/c35-28(33-19-21-37-22-20-33)16-18-34(30(36)32-29-31-26-13-7-8-14-27(26)38-29)17-15-25(23-9-3-1-4-10-23)24-11-5-2-6-12-24/h1-14,25H,15-22H2,(H,31,32,36). The second kappa shape index (κ2) is 12.7. The Hall–Kier alpha value is -3.75. The van der Waals surface area contributed by atoms with Crippen LogP contribution in [0.5, 0.6) is 0 Å². The molecule has 7 nitrogen and oxygen atoms in total. The van der Waals surface area contributed by atoms with Crippen LogP contribution in [-0.2, 0) is 9.53 Å². The third kappa shape index (κ3) is 6.57. The predicted octanol–water partition coefficient (Wildman–Crippen LogP) is 5.60. The van der Waals surface area contributed by atoms with Gasteiger partial charge >= 0.3 is 6.03 Å². The maximum atomic E-state index is 13.5. The zero-order valence-corrected chi connectivity index (χ0v) is 22.1. The maximum absolute atomic E-state index is 13.5. The molecule has 1 saturated heterocycles. The Morgan fingerprint density at radius 1 is 0.895 bits per heavy atom. The number of urea groups is 1. The van der Waals surface area contributed by atoms with Gasteiger partial charge in [0, 0.05) is 38.5 Å². The number of aromatic nitrogens is 1. The maximum Gasteiger partial charge on any atom is 0.323 e. The molecule has 0 atom stereocenters. The monoisotopic (exact) mass is 528 g/mol. The van der Waals surface area contributed by atoms with Gasteiger partial charge in [-0.3, -0.25) is 10.1 Å². The van der Waals surface area contributed by atoms with E-state index in [0.717, 1.165) is 16.6 Å². The fourth-order valence-corrected chi connectivity index (χ4v) is 5.65. The van der Waals surface area contributed by atoms with Gasteiger partial charge in [0.15, 0.2) is 5.13 Å². The van der Waals surface area contributed by atoms with Crippen molar-refractivity contribution in [1.29, 1.82) is 0 Å². The second-order valence-electron chi connectivity index (χ2n) is 9.31. The molecule has 1 N–H and O–H groups in total. The number of nitrogens with one attached hydrogen (secondary N) is 1. The largest absolute Gasteiger partial charge is 0.378 e. The van der Waals surface area contributed by atoms with E-state index >= 15 is 0 Å². The first-order valence-corrected chi connectivity index (χ1v) is 13.9. The number of hydrogen-bond donors (Lipinski definition) is 1. The molecule has 0 radical (unpaired) electrons. The number of hydrogen-bond acceptors (Lipinski definition) is 5. The van der Waals surface area contributed by atoms with Gasteiger partial charge in [0.25, 0.3) is 0 Å². The molecule has 0 saturated carbocycles.